The van der Waals surface area contributed by atoms with Gasteiger partial charge in [-0.25, -0.2) is 9.20 Å². The molecule has 9 heteroatoms. The van der Waals surface area contributed by atoms with Gasteiger partial charge in [-0.05, 0) is 35.9 Å². The van der Waals surface area contributed by atoms with Crippen LogP contribution in [0.1, 0.15) is 11.1 Å². The van der Waals surface area contributed by atoms with Gasteiger partial charge in [-0.15, -0.1) is 0 Å². The van der Waals surface area contributed by atoms with E-state index in [9.17, 15) is 4.79 Å². The molecule has 8 nitrogen and oxygen atoms in total. The summed E-state index contributed by atoms with van der Waals surface area (Å²) in [5, 5.41) is 24.5. The van der Waals surface area contributed by atoms with Crippen molar-refractivity contribution < 1.29 is 0 Å². The lowest BCUT2D eigenvalue weighted by Crippen LogP contribution is -2.46. The Balaban J connectivity index is 2.27. The maximum atomic E-state index is 12.8. The van der Waals surface area contributed by atoms with E-state index in [1.54, 1.807) is 37.4 Å². The van der Waals surface area contributed by atoms with E-state index in [4.69, 9.17) is 33.6 Å². The molecule has 0 saturated heterocycles. The van der Waals surface area contributed by atoms with E-state index in [2.05, 4.69) is 0 Å². The van der Waals surface area contributed by atoms with E-state index in [-0.39, 0.29) is 23.3 Å². The molecule has 0 fully saturated rings. The Hall–Kier alpha value is -3.39. The number of aryl methyl sites for hydroxylation is 1. The van der Waals surface area contributed by atoms with Crippen LogP contribution in [-0.4, -0.2) is 19.7 Å². The molecule has 138 valence electrons. The van der Waals surface area contributed by atoms with Gasteiger partial charge in [0.05, 0.1) is 6.54 Å². The first-order chi connectivity index (χ1) is 12.8. The van der Waals surface area contributed by atoms with Crippen molar-refractivity contribution in [3.05, 3.63) is 80.2 Å². The van der Waals surface area contributed by atoms with Gasteiger partial charge in [0.2, 0.25) is 5.62 Å². The first-order valence-electron chi connectivity index (χ1n) is 8.00. The fourth-order valence-electron chi connectivity index (χ4n) is 2.81. The first kappa shape index (κ1) is 18.4. The van der Waals surface area contributed by atoms with Gasteiger partial charge >= 0.3 is 5.69 Å². The molecule has 0 spiro atoms. The minimum absolute atomic E-state index is 0.00860. The third kappa shape index (κ3) is 3.34. The third-order valence-corrected chi connectivity index (χ3v) is 4.48. The minimum atomic E-state index is -0.388. The molecule has 0 bridgehead atoms. The van der Waals surface area contributed by atoms with Crippen LogP contribution in [0.15, 0.2) is 47.3 Å². The number of nitrogens with two attached hydrogens (primary N) is 1. The maximum Gasteiger partial charge on any atom is 0.332 e. The van der Waals surface area contributed by atoms with E-state index in [0.717, 1.165) is 11.8 Å². The summed E-state index contributed by atoms with van der Waals surface area (Å²) >= 11 is 5.90. The predicted octanol–water partition coefficient (Wildman–Crippen LogP) is 1.05. The Morgan fingerprint density at radius 1 is 1.22 bits per heavy atom. The van der Waals surface area contributed by atoms with Gasteiger partial charge in [0, 0.05) is 29.5 Å². The number of allylic oxidation sites excluding steroid dienone is 1. The lowest BCUT2D eigenvalue weighted by molar-refractivity contribution is 0.578. The Labute approximate surface area is 158 Å². The van der Waals surface area contributed by atoms with Crippen LogP contribution in [0.25, 0.3) is 11.3 Å². The summed E-state index contributed by atoms with van der Waals surface area (Å²) in [4.78, 5) is 12.8. The van der Waals surface area contributed by atoms with Crippen molar-refractivity contribution in [1.82, 2.24) is 13.5 Å². The highest BCUT2D eigenvalue weighted by molar-refractivity contribution is 6.30. The van der Waals surface area contributed by atoms with Gasteiger partial charge in [0.1, 0.15) is 11.1 Å². The zero-order valence-electron chi connectivity index (χ0n) is 14.5. The molecule has 0 radical (unpaired) electrons. The van der Waals surface area contributed by atoms with Crippen LogP contribution in [0.5, 0.6) is 0 Å². The molecule has 3 rings (SSSR count). The van der Waals surface area contributed by atoms with Crippen molar-refractivity contribution in [3.63, 3.8) is 0 Å². The van der Waals surface area contributed by atoms with Gasteiger partial charge < -0.3 is 11.1 Å². The highest BCUT2D eigenvalue weighted by Gasteiger charge is 2.11. The number of fused-ring (bicyclic) bond motifs is 1. The number of benzene rings is 1. The number of nitrogens with zero attached hydrogens (tertiary/aromatic N) is 3. The minimum Gasteiger partial charge on any atom is -0.398 e. The number of rotatable bonds is 4. The molecule has 0 aliphatic carbocycles. The molecule has 0 amide bonds. The average molecular weight is 384 g/mol. The van der Waals surface area contributed by atoms with E-state index in [1.807, 2.05) is 0 Å². The van der Waals surface area contributed by atoms with Gasteiger partial charge in [-0.3, -0.25) is 20.0 Å². The molecule has 0 saturated carbocycles. The maximum absolute atomic E-state index is 12.8. The molecule has 1 aromatic carbocycles. The topological polar surface area (TPSA) is 129 Å². The number of pyridine rings is 1. The number of hydrogen-bond acceptors (Lipinski definition) is 5. The van der Waals surface area contributed by atoms with E-state index in [0.29, 0.717) is 21.9 Å². The molecule has 0 aliphatic rings. The molecule has 27 heavy (non-hydrogen) atoms. The van der Waals surface area contributed by atoms with Crippen molar-refractivity contribution in [2.75, 3.05) is 0 Å². The van der Waals surface area contributed by atoms with Crippen molar-refractivity contribution in [3.8, 4) is 0 Å². The molecule has 0 aliphatic heterocycles. The van der Waals surface area contributed by atoms with E-state index >= 15 is 0 Å². The van der Waals surface area contributed by atoms with Crippen LogP contribution in [0.2, 0.25) is 5.02 Å². The average Bonchev–Trinajstić information content (AvgIpc) is 2.64. The normalized spacial score (nSPS) is 11.7. The van der Waals surface area contributed by atoms with Crippen molar-refractivity contribution >= 4 is 29.2 Å². The SMILES string of the molecule is Cn1c(=O)n(Cc2ccc(Cl)cc2)c(=N)n2c(=N)cc(C(N)=CC=N)cc12. The fraction of sp³-hybridized carbons (Fsp3) is 0.111. The Kier molecular flexibility index (Phi) is 4.83. The Bertz CT molecular complexity index is 1250. The molecular weight excluding hydrogens is 366 g/mol. The molecule has 3 aromatic rings. The van der Waals surface area contributed by atoms with Gasteiger partial charge in [0.25, 0.3) is 0 Å². The largest absolute Gasteiger partial charge is 0.398 e. The molecular formula is C18H18ClN7O. The van der Waals surface area contributed by atoms with Crippen LogP contribution < -0.4 is 22.5 Å². The standard InChI is InChI=1S/C18H18ClN7O/c1-24-16-9-12(14(21)6-7-20)8-15(22)26(16)17(23)25(18(24)27)10-11-2-4-13(19)5-3-11/h2-9,20,22-23H,10,21H2,1H3. The first-order valence-corrected chi connectivity index (χ1v) is 8.38. The van der Waals surface area contributed by atoms with Crippen LogP contribution in [0.4, 0.5) is 0 Å². The smallest absolute Gasteiger partial charge is 0.332 e. The monoisotopic (exact) mass is 383 g/mol. The van der Waals surface area contributed by atoms with E-state index in [1.165, 1.54) is 25.7 Å². The lowest BCUT2D eigenvalue weighted by Gasteiger charge is -2.15. The fourth-order valence-corrected chi connectivity index (χ4v) is 2.93. The molecule has 5 N–H and O–H groups in total. The summed E-state index contributed by atoms with van der Waals surface area (Å²) in [6, 6.07) is 10.1. The summed E-state index contributed by atoms with van der Waals surface area (Å²) in [6.07, 6.45) is 2.45. The van der Waals surface area contributed by atoms with E-state index < -0.39 is 0 Å². The van der Waals surface area contributed by atoms with Gasteiger partial charge in [-0.2, -0.15) is 0 Å². The molecule has 2 heterocycles. The van der Waals surface area contributed by atoms with Crippen LogP contribution >= 0.6 is 11.6 Å². The second-order valence-corrected chi connectivity index (χ2v) is 6.43. The Morgan fingerprint density at radius 2 is 1.89 bits per heavy atom. The molecule has 0 unspecified atom stereocenters. The highest BCUT2D eigenvalue weighted by atomic mass is 35.5. The second-order valence-electron chi connectivity index (χ2n) is 5.99. The summed E-state index contributed by atoms with van der Waals surface area (Å²) in [6.45, 7) is 0.183. The predicted molar refractivity (Wildman–Crippen MR) is 104 cm³/mol. The quantitative estimate of drug-likeness (QED) is 0.502. The highest BCUT2D eigenvalue weighted by Crippen LogP contribution is 2.10. The van der Waals surface area contributed by atoms with Crippen LogP contribution in [0, 0.1) is 16.2 Å². The number of nitrogens with one attached hydrogen (secondary N) is 3. The van der Waals surface area contributed by atoms with Crippen molar-refractivity contribution in [2.24, 2.45) is 12.8 Å². The van der Waals surface area contributed by atoms with Gasteiger partial charge in [-0.1, -0.05) is 23.7 Å². The zero-order valence-corrected chi connectivity index (χ0v) is 15.3. The summed E-state index contributed by atoms with van der Waals surface area (Å²) in [7, 11) is 1.58. The third-order valence-electron chi connectivity index (χ3n) is 4.23. The zero-order chi connectivity index (χ0) is 19.7. The van der Waals surface area contributed by atoms with Crippen LogP contribution in [0.3, 0.4) is 0 Å². The molecule has 0 atom stereocenters. The number of halogens is 1. The number of hydrogen-bond donors (Lipinski definition) is 4. The lowest BCUT2D eigenvalue weighted by atomic mass is 10.2. The van der Waals surface area contributed by atoms with Gasteiger partial charge in [0.15, 0.2) is 0 Å². The summed E-state index contributed by atoms with van der Waals surface area (Å²) in [5.74, 6) is 0. The van der Waals surface area contributed by atoms with Crippen molar-refractivity contribution in [1.29, 1.82) is 16.2 Å². The summed E-state index contributed by atoms with van der Waals surface area (Å²) in [5.41, 5.74) is 7.40. The number of aromatic nitrogens is 3. The Morgan fingerprint density at radius 3 is 2.52 bits per heavy atom. The molecule has 2 aromatic heterocycles. The second kappa shape index (κ2) is 7.08. The van der Waals surface area contributed by atoms with Crippen molar-refractivity contribution in [2.45, 2.75) is 6.54 Å². The van der Waals surface area contributed by atoms with Crippen LogP contribution in [-0.2, 0) is 13.6 Å². The summed E-state index contributed by atoms with van der Waals surface area (Å²) < 4.78 is 4.01.